The standard InChI is InChI=1S/C12H13F3N2/c1-7(16)4-8-6-17-11-3-2-9(5-10(8)11)12(13,14)15/h2-3,5-7,17H,4,16H2,1H3/t7-/m1/s1. The minimum absolute atomic E-state index is 0.0801. The average molecular weight is 242 g/mol. The zero-order valence-corrected chi connectivity index (χ0v) is 9.31. The van der Waals surface area contributed by atoms with Gasteiger partial charge in [-0.25, -0.2) is 0 Å². The summed E-state index contributed by atoms with van der Waals surface area (Å²) >= 11 is 0. The molecule has 0 amide bonds. The highest BCUT2D eigenvalue weighted by Gasteiger charge is 2.30. The van der Waals surface area contributed by atoms with Gasteiger partial charge in [-0.2, -0.15) is 13.2 Å². The molecule has 1 heterocycles. The number of fused-ring (bicyclic) bond motifs is 1. The van der Waals surface area contributed by atoms with Crippen LogP contribution in [0, 0.1) is 0 Å². The highest BCUT2D eigenvalue weighted by molar-refractivity contribution is 5.84. The maximum atomic E-state index is 12.6. The van der Waals surface area contributed by atoms with E-state index in [0.717, 1.165) is 11.6 Å². The molecule has 0 aliphatic rings. The van der Waals surface area contributed by atoms with Crippen LogP contribution in [0.3, 0.4) is 0 Å². The van der Waals surface area contributed by atoms with E-state index in [2.05, 4.69) is 4.98 Å². The molecule has 2 aromatic rings. The lowest BCUT2D eigenvalue weighted by Gasteiger charge is -2.07. The van der Waals surface area contributed by atoms with E-state index in [1.807, 2.05) is 6.92 Å². The van der Waals surface area contributed by atoms with Gasteiger partial charge in [-0.15, -0.1) is 0 Å². The monoisotopic (exact) mass is 242 g/mol. The van der Waals surface area contributed by atoms with Crippen LogP contribution in [0.4, 0.5) is 13.2 Å². The fourth-order valence-electron chi connectivity index (χ4n) is 1.87. The van der Waals surface area contributed by atoms with Gasteiger partial charge in [0.1, 0.15) is 0 Å². The number of alkyl halides is 3. The van der Waals surface area contributed by atoms with E-state index in [9.17, 15) is 13.2 Å². The Morgan fingerprint density at radius 2 is 2.06 bits per heavy atom. The Labute approximate surface area is 96.6 Å². The first-order valence-corrected chi connectivity index (χ1v) is 5.30. The smallest absolute Gasteiger partial charge is 0.361 e. The maximum Gasteiger partial charge on any atom is 0.416 e. The lowest BCUT2D eigenvalue weighted by molar-refractivity contribution is -0.137. The van der Waals surface area contributed by atoms with E-state index in [1.165, 1.54) is 12.1 Å². The molecule has 92 valence electrons. The van der Waals surface area contributed by atoms with Crippen LogP contribution in [-0.4, -0.2) is 11.0 Å². The molecule has 1 aromatic carbocycles. The summed E-state index contributed by atoms with van der Waals surface area (Å²) in [5, 5.41) is 0.595. The number of hydrogen-bond donors (Lipinski definition) is 2. The molecule has 17 heavy (non-hydrogen) atoms. The van der Waals surface area contributed by atoms with Gasteiger partial charge in [0.05, 0.1) is 5.56 Å². The molecule has 2 nitrogen and oxygen atoms in total. The topological polar surface area (TPSA) is 41.8 Å². The third-order valence-corrected chi connectivity index (χ3v) is 2.64. The van der Waals surface area contributed by atoms with Crippen molar-refractivity contribution in [2.24, 2.45) is 5.73 Å². The Morgan fingerprint density at radius 1 is 1.35 bits per heavy atom. The van der Waals surface area contributed by atoms with E-state index in [-0.39, 0.29) is 6.04 Å². The van der Waals surface area contributed by atoms with Gasteiger partial charge >= 0.3 is 6.18 Å². The van der Waals surface area contributed by atoms with Crippen molar-refractivity contribution >= 4 is 10.9 Å². The van der Waals surface area contributed by atoms with E-state index in [4.69, 9.17) is 5.73 Å². The number of rotatable bonds is 2. The summed E-state index contributed by atoms with van der Waals surface area (Å²) in [6.45, 7) is 1.83. The number of nitrogens with two attached hydrogens (primary N) is 1. The van der Waals surface area contributed by atoms with Crippen molar-refractivity contribution in [1.29, 1.82) is 0 Å². The first-order valence-electron chi connectivity index (χ1n) is 5.30. The number of aromatic amines is 1. The molecule has 2 rings (SSSR count). The quantitative estimate of drug-likeness (QED) is 0.834. The molecular formula is C12H13F3N2. The third kappa shape index (κ3) is 2.44. The minimum atomic E-state index is -4.31. The van der Waals surface area contributed by atoms with Crippen molar-refractivity contribution in [3.8, 4) is 0 Å². The van der Waals surface area contributed by atoms with E-state index in [0.29, 0.717) is 17.3 Å². The second-order valence-electron chi connectivity index (χ2n) is 4.25. The first kappa shape index (κ1) is 12.0. The zero-order valence-electron chi connectivity index (χ0n) is 9.31. The van der Waals surface area contributed by atoms with Crippen LogP contribution in [0.25, 0.3) is 10.9 Å². The molecule has 1 aromatic heterocycles. The van der Waals surface area contributed by atoms with Crippen LogP contribution in [0.1, 0.15) is 18.1 Å². The molecule has 0 aliphatic carbocycles. The molecular weight excluding hydrogens is 229 g/mol. The first-order chi connectivity index (χ1) is 7.88. The van der Waals surface area contributed by atoms with Crippen molar-refractivity contribution in [2.45, 2.75) is 25.6 Å². The van der Waals surface area contributed by atoms with Crippen LogP contribution in [0.5, 0.6) is 0 Å². The highest BCUT2D eigenvalue weighted by Crippen LogP contribution is 2.32. The largest absolute Gasteiger partial charge is 0.416 e. The molecule has 1 atom stereocenters. The van der Waals surface area contributed by atoms with Gasteiger partial charge in [-0.05, 0) is 37.1 Å². The summed E-state index contributed by atoms with van der Waals surface area (Å²) in [4.78, 5) is 2.95. The Hall–Kier alpha value is -1.49. The number of H-pyrrole nitrogens is 1. The van der Waals surface area contributed by atoms with Gasteiger partial charge in [0, 0.05) is 23.1 Å². The fourth-order valence-corrected chi connectivity index (χ4v) is 1.87. The van der Waals surface area contributed by atoms with Crippen LogP contribution in [0.2, 0.25) is 0 Å². The van der Waals surface area contributed by atoms with Gasteiger partial charge in [-0.3, -0.25) is 0 Å². The predicted molar refractivity (Wildman–Crippen MR) is 60.7 cm³/mol. The van der Waals surface area contributed by atoms with Gasteiger partial charge < -0.3 is 10.7 Å². The number of hydrogen-bond acceptors (Lipinski definition) is 1. The lowest BCUT2D eigenvalue weighted by atomic mass is 10.0. The number of halogens is 3. The SMILES string of the molecule is C[C@@H](N)Cc1c[nH]c2ccc(C(F)(F)F)cc12. The molecule has 0 bridgehead atoms. The summed E-state index contributed by atoms with van der Waals surface area (Å²) in [6.07, 6.45) is -2.04. The van der Waals surface area contributed by atoms with E-state index >= 15 is 0 Å². The highest BCUT2D eigenvalue weighted by atomic mass is 19.4. The molecule has 0 aliphatic heterocycles. The molecule has 5 heteroatoms. The van der Waals surface area contributed by atoms with Crippen LogP contribution in [-0.2, 0) is 12.6 Å². The molecule has 0 radical (unpaired) electrons. The summed E-state index contributed by atoms with van der Waals surface area (Å²) in [6, 6.07) is 3.62. The van der Waals surface area contributed by atoms with Crippen molar-refractivity contribution < 1.29 is 13.2 Å². The average Bonchev–Trinajstić information content (AvgIpc) is 2.59. The lowest BCUT2D eigenvalue weighted by Crippen LogP contribution is -2.17. The molecule has 0 spiro atoms. The van der Waals surface area contributed by atoms with Crippen molar-refractivity contribution in [1.82, 2.24) is 4.98 Å². The molecule has 0 unspecified atom stereocenters. The summed E-state index contributed by atoms with van der Waals surface area (Å²) in [7, 11) is 0. The summed E-state index contributed by atoms with van der Waals surface area (Å²) in [5.41, 5.74) is 6.56. The predicted octanol–water partition coefficient (Wildman–Crippen LogP) is 3.08. The second kappa shape index (κ2) is 4.07. The normalized spacial score (nSPS) is 14.2. The Bertz CT molecular complexity index is 526. The van der Waals surface area contributed by atoms with Crippen LogP contribution < -0.4 is 5.73 Å². The molecule has 3 N–H and O–H groups in total. The van der Waals surface area contributed by atoms with Crippen molar-refractivity contribution in [2.75, 3.05) is 0 Å². The fraction of sp³-hybridized carbons (Fsp3) is 0.333. The number of nitrogens with one attached hydrogen (secondary N) is 1. The number of aromatic nitrogens is 1. The molecule has 0 fully saturated rings. The third-order valence-electron chi connectivity index (χ3n) is 2.64. The zero-order chi connectivity index (χ0) is 12.6. The van der Waals surface area contributed by atoms with E-state index in [1.54, 1.807) is 6.20 Å². The maximum absolute atomic E-state index is 12.6. The van der Waals surface area contributed by atoms with E-state index < -0.39 is 11.7 Å². The van der Waals surface area contributed by atoms with Gasteiger partial charge in [0.25, 0.3) is 0 Å². The summed E-state index contributed by atoms with van der Waals surface area (Å²) in [5.74, 6) is 0. The van der Waals surface area contributed by atoms with Crippen molar-refractivity contribution in [3.05, 3.63) is 35.5 Å². The van der Waals surface area contributed by atoms with Gasteiger partial charge in [-0.1, -0.05) is 0 Å². The molecule has 0 saturated carbocycles. The van der Waals surface area contributed by atoms with Crippen LogP contribution in [0.15, 0.2) is 24.4 Å². The minimum Gasteiger partial charge on any atom is -0.361 e. The van der Waals surface area contributed by atoms with Gasteiger partial charge in [0.15, 0.2) is 0 Å². The number of benzene rings is 1. The Kier molecular flexibility index (Phi) is 2.87. The molecule has 0 saturated heterocycles. The summed E-state index contributed by atoms with van der Waals surface area (Å²) < 4.78 is 37.7. The van der Waals surface area contributed by atoms with Crippen LogP contribution >= 0.6 is 0 Å². The van der Waals surface area contributed by atoms with Crippen molar-refractivity contribution in [3.63, 3.8) is 0 Å². The Balaban J connectivity index is 2.50. The Morgan fingerprint density at radius 3 is 2.65 bits per heavy atom. The second-order valence-corrected chi connectivity index (χ2v) is 4.25. The van der Waals surface area contributed by atoms with Gasteiger partial charge in [0.2, 0.25) is 0 Å².